The number of halogens is 3. The Balaban J connectivity index is 1.90. The van der Waals surface area contributed by atoms with Gasteiger partial charge in [-0.2, -0.15) is 18.2 Å². The van der Waals surface area contributed by atoms with Gasteiger partial charge in [0.15, 0.2) is 0 Å². The van der Waals surface area contributed by atoms with Crippen LogP contribution >= 0.6 is 0 Å². The summed E-state index contributed by atoms with van der Waals surface area (Å²) < 4.78 is 42.1. The van der Waals surface area contributed by atoms with E-state index in [0.717, 1.165) is 23.9 Å². The molecule has 0 saturated carbocycles. The molecule has 2 aromatic rings. The number of nitrogens with zero attached hydrogens (tertiary/aromatic N) is 1. The molecule has 0 radical (unpaired) electrons. The fraction of sp³-hybridized carbons (Fsp3) is 0.125. The largest absolute Gasteiger partial charge is 0.443 e. The summed E-state index contributed by atoms with van der Waals surface area (Å²) in [6.45, 7) is 0.0873. The topological polar surface area (TPSA) is 38.7 Å². The van der Waals surface area contributed by atoms with Gasteiger partial charge >= 0.3 is 12.3 Å². The minimum atomic E-state index is -4.38. The van der Waals surface area contributed by atoms with Crippen LogP contribution in [0.5, 0.6) is 0 Å². The molecule has 114 valence electrons. The van der Waals surface area contributed by atoms with E-state index in [2.05, 4.69) is 4.99 Å². The van der Waals surface area contributed by atoms with Crippen molar-refractivity contribution in [1.29, 1.82) is 0 Å². The van der Waals surface area contributed by atoms with Crippen molar-refractivity contribution in [3.63, 3.8) is 0 Å². The van der Waals surface area contributed by atoms with Gasteiger partial charge in [0.25, 0.3) is 0 Å². The van der Waals surface area contributed by atoms with Gasteiger partial charge in [-0.05, 0) is 23.3 Å². The van der Waals surface area contributed by atoms with Crippen LogP contribution in [0.25, 0.3) is 0 Å². The van der Waals surface area contributed by atoms with Crippen LogP contribution in [-0.2, 0) is 17.5 Å². The summed E-state index contributed by atoms with van der Waals surface area (Å²) in [5, 5.41) is 0. The van der Waals surface area contributed by atoms with E-state index in [-0.39, 0.29) is 6.61 Å². The van der Waals surface area contributed by atoms with Crippen molar-refractivity contribution in [2.75, 3.05) is 0 Å². The molecule has 0 aliphatic carbocycles. The summed E-state index contributed by atoms with van der Waals surface area (Å²) >= 11 is 0. The predicted molar refractivity (Wildman–Crippen MR) is 75.7 cm³/mol. The first-order chi connectivity index (χ1) is 10.4. The molecule has 0 saturated heterocycles. The van der Waals surface area contributed by atoms with Crippen molar-refractivity contribution >= 4 is 12.3 Å². The molecule has 0 aromatic heterocycles. The molecular formula is C16H12F3NO2. The molecule has 0 aliphatic rings. The van der Waals surface area contributed by atoms with E-state index in [0.29, 0.717) is 5.56 Å². The quantitative estimate of drug-likeness (QED) is 0.785. The van der Waals surface area contributed by atoms with Crippen molar-refractivity contribution in [2.45, 2.75) is 12.8 Å². The van der Waals surface area contributed by atoms with E-state index in [1.807, 2.05) is 18.2 Å². The first kappa shape index (κ1) is 15.8. The summed E-state index contributed by atoms with van der Waals surface area (Å²) in [4.78, 5) is 14.9. The third kappa shape index (κ3) is 4.73. The number of ether oxygens (including phenoxy) is 1. The van der Waals surface area contributed by atoms with Crippen LogP contribution in [0.3, 0.4) is 0 Å². The third-order valence-electron chi connectivity index (χ3n) is 2.76. The molecule has 2 aromatic carbocycles. The van der Waals surface area contributed by atoms with Crippen molar-refractivity contribution in [2.24, 2.45) is 4.99 Å². The van der Waals surface area contributed by atoms with Crippen LogP contribution in [0.15, 0.2) is 59.6 Å². The fourth-order valence-corrected chi connectivity index (χ4v) is 1.64. The Labute approximate surface area is 125 Å². The Bertz CT molecular complexity index is 649. The lowest BCUT2D eigenvalue weighted by Crippen LogP contribution is -2.04. The molecule has 1 amide bonds. The third-order valence-corrected chi connectivity index (χ3v) is 2.76. The van der Waals surface area contributed by atoms with Gasteiger partial charge in [-0.1, -0.05) is 42.5 Å². The van der Waals surface area contributed by atoms with E-state index in [1.165, 1.54) is 12.1 Å². The second-order valence-electron chi connectivity index (χ2n) is 4.42. The van der Waals surface area contributed by atoms with Crippen molar-refractivity contribution in [3.05, 3.63) is 71.3 Å². The van der Waals surface area contributed by atoms with Gasteiger partial charge in [-0.25, -0.2) is 4.79 Å². The van der Waals surface area contributed by atoms with Gasteiger partial charge in [0.2, 0.25) is 0 Å². The minimum absolute atomic E-state index is 0.0873. The Morgan fingerprint density at radius 1 is 1.05 bits per heavy atom. The molecular weight excluding hydrogens is 295 g/mol. The monoisotopic (exact) mass is 307 g/mol. The Morgan fingerprint density at radius 3 is 2.27 bits per heavy atom. The maximum Gasteiger partial charge on any atom is 0.433 e. The number of hydrogen-bond donors (Lipinski definition) is 0. The molecule has 0 fully saturated rings. The molecule has 0 unspecified atom stereocenters. The Kier molecular flexibility index (Phi) is 4.93. The van der Waals surface area contributed by atoms with E-state index in [4.69, 9.17) is 4.74 Å². The fourth-order valence-electron chi connectivity index (χ4n) is 1.64. The Morgan fingerprint density at radius 2 is 1.68 bits per heavy atom. The zero-order valence-corrected chi connectivity index (χ0v) is 11.4. The lowest BCUT2D eigenvalue weighted by atomic mass is 10.1. The van der Waals surface area contributed by atoms with Crippen molar-refractivity contribution in [3.8, 4) is 0 Å². The summed E-state index contributed by atoms with van der Waals surface area (Å²) in [6, 6.07) is 13.4. The van der Waals surface area contributed by atoms with Crippen LogP contribution in [-0.4, -0.2) is 12.3 Å². The highest BCUT2D eigenvalue weighted by Gasteiger charge is 2.29. The SMILES string of the molecule is O=C(/N=C\c1ccc(C(F)(F)F)cc1)OCc1ccccc1. The average molecular weight is 307 g/mol. The van der Waals surface area contributed by atoms with Gasteiger partial charge in [0, 0.05) is 6.21 Å². The van der Waals surface area contributed by atoms with Crippen molar-refractivity contribution < 1.29 is 22.7 Å². The zero-order valence-electron chi connectivity index (χ0n) is 11.4. The number of hydrogen-bond acceptors (Lipinski definition) is 2. The predicted octanol–water partition coefficient (Wildman–Crippen LogP) is 4.46. The number of amides is 1. The molecule has 0 N–H and O–H groups in total. The molecule has 3 nitrogen and oxygen atoms in total. The Hall–Kier alpha value is -2.63. The number of benzene rings is 2. The normalized spacial score (nSPS) is 11.6. The molecule has 0 aliphatic heterocycles. The number of alkyl halides is 3. The van der Waals surface area contributed by atoms with Crippen LogP contribution in [0.1, 0.15) is 16.7 Å². The molecule has 2 rings (SSSR count). The lowest BCUT2D eigenvalue weighted by Gasteiger charge is -2.05. The van der Waals surface area contributed by atoms with Crippen LogP contribution < -0.4 is 0 Å². The first-order valence-electron chi connectivity index (χ1n) is 6.37. The maximum atomic E-state index is 12.4. The van der Waals surface area contributed by atoms with Gasteiger partial charge in [-0.15, -0.1) is 0 Å². The molecule has 0 bridgehead atoms. The van der Waals surface area contributed by atoms with Crippen LogP contribution in [0.2, 0.25) is 0 Å². The van der Waals surface area contributed by atoms with E-state index in [1.54, 1.807) is 12.1 Å². The smallest absolute Gasteiger partial charge is 0.433 e. The highest BCUT2D eigenvalue weighted by molar-refractivity contribution is 5.88. The standard InChI is InChI=1S/C16H12F3NO2/c17-16(18,19)14-8-6-12(7-9-14)10-20-15(21)22-11-13-4-2-1-3-5-13/h1-10H,11H2/b20-10-. The van der Waals surface area contributed by atoms with Crippen molar-refractivity contribution in [1.82, 2.24) is 0 Å². The van der Waals surface area contributed by atoms with E-state index < -0.39 is 17.8 Å². The zero-order chi connectivity index (χ0) is 16.0. The molecule has 22 heavy (non-hydrogen) atoms. The summed E-state index contributed by atoms with van der Waals surface area (Å²) in [7, 11) is 0. The average Bonchev–Trinajstić information content (AvgIpc) is 2.51. The molecule has 0 heterocycles. The summed E-state index contributed by atoms with van der Waals surface area (Å²) in [5.41, 5.74) is 0.446. The number of rotatable bonds is 3. The van der Waals surface area contributed by atoms with Crippen LogP contribution in [0.4, 0.5) is 18.0 Å². The summed E-state index contributed by atoms with van der Waals surface area (Å²) in [5.74, 6) is 0. The van der Waals surface area contributed by atoms with Gasteiger partial charge < -0.3 is 4.74 Å². The van der Waals surface area contributed by atoms with Crippen LogP contribution in [0, 0.1) is 0 Å². The highest BCUT2D eigenvalue weighted by atomic mass is 19.4. The van der Waals surface area contributed by atoms with Gasteiger partial charge in [-0.3, -0.25) is 0 Å². The van der Waals surface area contributed by atoms with Gasteiger partial charge in [0.1, 0.15) is 6.61 Å². The number of aliphatic imine (C=N–C) groups is 1. The molecule has 0 atom stereocenters. The first-order valence-corrected chi connectivity index (χ1v) is 6.37. The maximum absolute atomic E-state index is 12.4. The molecule has 0 spiro atoms. The second-order valence-corrected chi connectivity index (χ2v) is 4.42. The number of carbonyl (C=O) groups is 1. The lowest BCUT2D eigenvalue weighted by molar-refractivity contribution is -0.137. The molecule has 6 heteroatoms. The number of carbonyl (C=O) groups excluding carboxylic acids is 1. The second kappa shape index (κ2) is 6.89. The summed E-state index contributed by atoms with van der Waals surface area (Å²) in [6.07, 6.45) is -4.03. The highest BCUT2D eigenvalue weighted by Crippen LogP contribution is 2.28. The van der Waals surface area contributed by atoms with Gasteiger partial charge in [0.05, 0.1) is 5.56 Å². The van der Waals surface area contributed by atoms with E-state index in [9.17, 15) is 18.0 Å². The van der Waals surface area contributed by atoms with E-state index >= 15 is 0 Å². The minimum Gasteiger partial charge on any atom is -0.443 e.